The van der Waals surface area contributed by atoms with E-state index in [0.29, 0.717) is 5.69 Å². The highest BCUT2D eigenvalue weighted by Crippen LogP contribution is 2.15. The summed E-state index contributed by atoms with van der Waals surface area (Å²) in [5, 5.41) is 3.63. The van der Waals surface area contributed by atoms with Crippen molar-refractivity contribution < 1.29 is 14.3 Å². The summed E-state index contributed by atoms with van der Waals surface area (Å²) in [7, 11) is 0. The molecule has 2 rings (SSSR count). The van der Waals surface area contributed by atoms with Gasteiger partial charge < -0.3 is 15.0 Å². The average molecular weight is 274 g/mol. The molecule has 1 atom stereocenters. The molecule has 0 aliphatic heterocycles. The molecule has 1 heterocycles. The van der Waals surface area contributed by atoms with Gasteiger partial charge in [-0.1, -0.05) is 18.2 Å². The van der Waals surface area contributed by atoms with Gasteiger partial charge in [0.15, 0.2) is 6.10 Å². The first-order valence-electron chi connectivity index (χ1n) is 6.56. The van der Waals surface area contributed by atoms with Crippen LogP contribution in [0, 0.1) is 0 Å². The fourth-order valence-electron chi connectivity index (χ4n) is 1.86. The number of amides is 1. The number of aromatic nitrogens is 1. The Labute approximate surface area is 117 Å². The number of rotatable bonds is 4. The van der Waals surface area contributed by atoms with Gasteiger partial charge in [-0.15, -0.1) is 0 Å². The van der Waals surface area contributed by atoms with E-state index in [1.807, 2.05) is 38.1 Å². The topological polar surface area (TPSA) is 71.2 Å². The average Bonchev–Trinajstić information content (AvgIpc) is 2.81. The Morgan fingerprint density at radius 2 is 1.90 bits per heavy atom. The van der Waals surface area contributed by atoms with Gasteiger partial charge in [-0.25, -0.2) is 4.79 Å². The third kappa shape index (κ3) is 3.17. The van der Waals surface area contributed by atoms with Crippen LogP contribution in [0.5, 0.6) is 0 Å². The normalized spacial score (nSPS) is 12.4. The number of para-hydroxylation sites is 1. The molecule has 0 unspecified atom stereocenters. The summed E-state index contributed by atoms with van der Waals surface area (Å²) in [6.45, 7) is 5.26. The molecular formula is C15H18N2O3. The Hall–Kier alpha value is -2.30. The number of esters is 1. The molecule has 1 aromatic carbocycles. The third-order valence-corrected chi connectivity index (χ3v) is 2.83. The van der Waals surface area contributed by atoms with Crippen LogP contribution in [0.25, 0.3) is 10.9 Å². The van der Waals surface area contributed by atoms with E-state index in [9.17, 15) is 9.59 Å². The van der Waals surface area contributed by atoms with E-state index in [1.165, 1.54) is 0 Å². The molecule has 20 heavy (non-hydrogen) atoms. The molecular weight excluding hydrogens is 256 g/mol. The first-order valence-corrected chi connectivity index (χ1v) is 6.56. The fraction of sp³-hybridized carbons (Fsp3) is 0.333. The monoisotopic (exact) mass is 274 g/mol. The van der Waals surface area contributed by atoms with Crippen LogP contribution in [0.2, 0.25) is 0 Å². The van der Waals surface area contributed by atoms with E-state index in [4.69, 9.17) is 4.74 Å². The van der Waals surface area contributed by atoms with Crippen molar-refractivity contribution in [2.45, 2.75) is 32.9 Å². The summed E-state index contributed by atoms with van der Waals surface area (Å²) in [6, 6.07) is 9.27. The van der Waals surface area contributed by atoms with Crippen LogP contribution in [0.3, 0.4) is 0 Å². The number of fused-ring (bicyclic) bond motifs is 1. The Balaban J connectivity index is 2.06. The first-order chi connectivity index (χ1) is 9.47. The predicted molar refractivity (Wildman–Crippen MR) is 76.5 cm³/mol. The number of H-pyrrole nitrogens is 1. The van der Waals surface area contributed by atoms with Crippen molar-refractivity contribution in [3.63, 3.8) is 0 Å². The van der Waals surface area contributed by atoms with Gasteiger partial charge in [-0.2, -0.15) is 0 Å². The molecule has 5 heteroatoms. The van der Waals surface area contributed by atoms with Crippen LogP contribution in [-0.2, 0) is 9.53 Å². The number of hydrogen-bond donors (Lipinski definition) is 2. The quantitative estimate of drug-likeness (QED) is 0.840. The molecule has 0 aliphatic rings. The summed E-state index contributed by atoms with van der Waals surface area (Å²) >= 11 is 0. The van der Waals surface area contributed by atoms with E-state index < -0.39 is 12.1 Å². The van der Waals surface area contributed by atoms with E-state index in [-0.39, 0.29) is 11.9 Å². The molecule has 5 nitrogen and oxygen atoms in total. The van der Waals surface area contributed by atoms with Gasteiger partial charge in [0.2, 0.25) is 0 Å². The smallest absolute Gasteiger partial charge is 0.355 e. The highest BCUT2D eigenvalue weighted by Gasteiger charge is 2.20. The van der Waals surface area contributed by atoms with Crippen LogP contribution in [-0.4, -0.2) is 29.0 Å². The van der Waals surface area contributed by atoms with Crippen LogP contribution >= 0.6 is 0 Å². The van der Waals surface area contributed by atoms with Gasteiger partial charge >= 0.3 is 5.97 Å². The van der Waals surface area contributed by atoms with Crippen molar-refractivity contribution in [3.05, 3.63) is 36.0 Å². The standard InChI is InChI=1S/C15H18N2O3/c1-9(2)16-14(18)10(3)20-15(19)13-8-11-6-4-5-7-12(11)17-13/h4-10,17H,1-3H3,(H,16,18)/t10-/m0/s1. The van der Waals surface area contributed by atoms with Gasteiger partial charge in [0.1, 0.15) is 5.69 Å². The Bertz CT molecular complexity index is 598. The number of ether oxygens (including phenoxy) is 1. The molecule has 106 valence electrons. The van der Waals surface area contributed by atoms with Crippen molar-refractivity contribution in [2.24, 2.45) is 0 Å². The summed E-state index contributed by atoms with van der Waals surface area (Å²) < 4.78 is 5.15. The second-order valence-corrected chi connectivity index (χ2v) is 4.98. The molecule has 0 saturated carbocycles. The lowest BCUT2D eigenvalue weighted by atomic mass is 10.2. The predicted octanol–water partition coefficient (Wildman–Crippen LogP) is 2.24. The zero-order chi connectivity index (χ0) is 14.7. The molecule has 1 aromatic heterocycles. The zero-order valence-corrected chi connectivity index (χ0v) is 11.8. The maximum Gasteiger partial charge on any atom is 0.355 e. The van der Waals surface area contributed by atoms with Crippen LogP contribution in [0.15, 0.2) is 30.3 Å². The minimum absolute atomic E-state index is 0.0109. The van der Waals surface area contributed by atoms with E-state index in [1.54, 1.807) is 13.0 Å². The van der Waals surface area contributed by atoms with Crippen molar-refractivity contribution in [1.82, 2.24) is 10.3 Å². The highest BCUT2D eigenvalue weighted by atomic mass is 16.5. The van der Waals surface area contributed by atoms with Crippen LogP contribution in [0.4, 0.5) is 0 Å². The van der Waals surface area contributed by atoms with Crippen LogP contribution < -0.4 is 5.32 Å². The van der Waals surface area contributed by atoms with Crippen molar-refractivity contribution in [3.8, 4) is 0 Å². The number of carbonyl (C=O) groups is 2. The largest absolute Gasteiger partial charge is 0.448 e. The van der Waals surface area contributed by atoms with Crippen molar-refractivity contribution in [2.75, 3.05) is 0 Å². The minimum atomic E-state index is -0.823. The highest BCUT2D eigenvalue weighted by molar-refractivity contribution is 5.96. The SMILES string of the molecule is CC(C)NC(=O)[C@H](C)OC(=O)c1cc2ccccc2[nH]1. The van der Waals surface area contributed by atoms with E-state index in [2.05, 4.69) is 10.3 Å². The molecule has 0 aliphatic carbocycles. The van der Waals surface area contributed by atoms with Gasteiger partial charge in [0.05, 0.1) is 0 Å². The first kappa shape index (κ1) is 14.1. The van der Waals surface area contributed by atoms with Crippen LogP contribution in [0.1, 0.15) is 31.3 Å². The lowest BCUT2D eigenvalue weighted by Crippen LogP contribution is -2.39. The summed E-state index contributed by atoms with van der Waals surface area (Å²) in [5.74, 6) is -0.836. The van der Waals surface area contributed by atoms with E-state index >= 15 is 0 Å². The number of carbonyl (C=O) groups excluding carboxylic acids is 2. The zero-order valence-electron chi connectivity index (χ0n) is 11.8. The number of aromatic amines is 1. The number of nitrogens with one attached hydrogen (secondary N) is 2. The number of hydrogen-bond acceptors (Lipinski definition) is 3. The summed E-state index contributed by atoms with van der Waals surface area (Å²) in [4.78, 5) is 26.6. The second kappa shape index (κ2) is 5.77. The Morgan fingerprint density at radius 3 is 2.55 bits per heavy atom. The molecule has 0 spiro atoms. The maximum atomic E-state index is 12.0. The van der Waals surface area contributed by atoms with Gasteiger partial charge in [-0.05, 0) is 32.9 Å². The fourth-order valence-corrected chi connectivity index (χ4v) is 1.86. The minimum Gasteiger partial charge on any atom is -0.448 e. The lowest BCUT2D eigenvalue weighted by molar-refractivity contribution is -0.129. The second-order valence-electron chi connectivity index (χ2n) is 4.98. The molecule has 2 N–H and O–H groups in total. The van der Waals surface area contributed by atoms with Gasteiger partial charge in [0, 0.05) is 16.9 Å². The maximum absolute atomic E-state index is 12.0. The molecule has 0 radical (unpaired) electrons. The molecule has 1 amide bonds. The Morgan fingerprint density at radius 1 is 1.20 bits per heavy atom. The third-order valence-electron chi connectivity index (χ3n) is 2.83. The van der Waals surface area contributed by atoms with Gasteiger partial charge in [0.25, 0.3) is 5.91 Å². The summed E-state index contributed by atoms with van der Waals surface area (Å²) in [5.41, 5.74) is 1.20. The molecule has 2 aromatic rings. The number of benzene rings is 1. The van der Waals surface area contributed by atoms with Gasteiger partial charge in [-0.3, -0.25) is 4.79 Å². The molecule has 0 bridgehead atoms. The molecule has 0 fully saturated rings. The van der Waals surface area contributed by atoms with Crippen molar-refractivity contribution in [1.29, 1.82) is 0 Å². The molecule has 0 saturated heterocycles. The van der Waals surface area contributed by atoms with Crippen molar-refractivity contribution >= 4 is 22.8 Å². The summed E-state index contributed by atoms with van der Waals surface area (Å²) in [6.07, 6.45) is -0.823. The van der Waals surface area contributed by atoms with E-state index in [0.717, 1.165) is 10.9 Å². The lowest BCUT2D eigenvalue weighted by Gasteiger charge is -2.14. The Kier molecular flexibility index (Phi) is 4.08.